The van der Waals surface area contributed by atoms with Gasteiger partial charge in [-0.3, -0.25) is 4.79 Å². The molecule has 7 nitrogen and oxygen atoms in total. The number of thiazole rings is 1. The van der Waals surface area contributed by atoms with E-state index in [-0.39, 0.29) is 12.7 Å². The van der Waals surface area contributed by atoms with Gasteiger partial charge in [0.25, 0.3) is 0 Å². The highest BCUT2D eigenvalue weighted by Crippen LogP contribution is 2.49. The van der Waals surface area contributed by atoms with Crippen LogP contribution in [-0.2, 0) is 10.2 Å². The molecule has 1 aliphatic heterocycles. The molecule has 0 saturated heterocycles. The first-order valence-electron chi connectivity index (χ1n) is 10.3. The monoisotopic (exact) mass is 445 g/mol. The predicted molar refractivity (Wildman–Crippen MR) is 120 cm³/mol. The number of carbonyl (C=O) groups is 1. The molecule has 160 valence electrons. The molecule has 32 heavy (non-hydrogen) atoms. The molecule has 3 heterocycles. The number of nitrogens with zero attached hydrogens (tertiary/aromatic N) is 2. The average molecular weight is 446 g/mol. The van der Waals surface area contributed by atoms with E-state index in [1.807, 2.05) is 60.8 Å². The lowest BCUT2D eigenvalue weighted by Crippen LogP contribution is -2.28. The Balaban J connectivity index is 1.23. The third kappa shape index (κ3) is 3.23. The zero-order valence-corrected chi connectivity index (χ0v) is 18.1. The third-order valence-electron chi connectivity index (χ3n) is 5.88. The molecule has 1 fully saturated rings. The molecule has 6 rings (SSSR count). The van der Waals surface area contributed by atoms with Crippen LogP contribution in [-0.4, -0.2) is 22.8 Å². The molecule has 0 unspecified atom stereocenters. The third-order valence-corrected chi connectivity index (χ3v) is 6.65. The number of ether oxygens (including phenoxy) is 2. The van der Waals surface area contributed by atoms with E-state index in [0.717, 1.165) is 40.4 Å². The molecule has 2 aromatic heterocycles. The van der Waals surface area contributed by atoms with Crippen molar-refractivity contribution in [2.75, 3.05) is 12.1 Å². The summed E-state index contributed by atoms with van der Waals surface area (Å²) >= 11 is 1.61. The second kappa shape index (κ2) is 7.20. The minimum atomic E-state index is -0.661. The SMILES string of the molecule is Cc1nc(-c2cccc(NC(=O)C3(c4cc(-c5ccc6c(c5)OCO6)on4)CC3)c2)cs1. The van der Waals surface area contributed by atoms with Crippen molar-refractivity contribution in [3.63, 3.8) is 0 Å². The van der Waals surface area contributed by atoms with Gasteiger partial charge < -0.3 is 19.3 Å². The maximum absolute atomic E-state index is 13.2. The summed E-state index contributed by atoms with van der Waals surface area (Å²) in [6.45, 7) is 2.19. The van der Waals surface area contributed by atoms with Crippen LogP contribution >= 0.6 is 11.3 Å². The molecule has 1 N–H and O–H groups in total. The summed E-state index contributed by atoms with van der Waals surface area (Å²) in [6.07, 6.45) is 1.47. The van der Waals surface area contributed by atoms with Crippen LogP contribution in [0.25, 0.3) is 22.6 Å². The smallest absolute Gasteiger partial charge is 0.236 e. The van der Waals surface area contributed by atoms with Gasteiger partial charge >= 0.3 is 0 Å². The fourth-order valence-electron chi connectivity index (χ4n) is 3.91. The Morgan fingerprint density at radius 3 is 2.75 bits per heavy atom. The van der Waals surface area contributed by atoms with Crippen LogP contribution < -0.4 is 14.8 Å². The predicted octanol–water partition coefficient (Wildman–Crippen LogP) is 5.17. The molecule has 1 saturated carbocycles. The van der Waals surface area contributed by atoms with E-state index in [9.17, 15) is 4.79 Å². The second-order valence-corrected chi connectivity index (χ2v) is 9.08. The van der Waals surface area contributed by atoms with Gasteiger partial charge in [0.15, 0.2) is 17.3 Å². The lowest BCUT2D eigenvalue weighted by atomic mass is 10.00. The minimum Gasteiger partial charge on any atom is -0.454 e. The number of hydrogen-bond acceptors (Lipinski definition) is 7. The number of benzene rings is 2. The Labute approximate surface area is 188 Å². The van der Waals surface area contributed by atoms with Crippen LogP contribution in [0.2, 0.25) is 0 Å². The molecular formula is C24H19N3O4S. The van der Waals surface area contributed by atoms with Crippen molar-refractivity contribution >= 4 is 22.9 Å². The lowest BCUT2D eigenvalue weighted by Gasteiger charge is -2.13. The van der Waals surface area contributed by atoms with Gasteiger partial charge in [0, 0.05) is 28.3 Å². The van der Waals surface area contributed by atoms with E-state index >= 15 is 0 Å². The highest BCUT2D eigenvalue weighted by molar-refractivity contribution is 7.09. The summed E-state index contributed by atoms with van der Waals surface area (Å²) in [5.74, 6) is 1.91. The number of carbonyl (C=O) groups excluding carboxylic acids is 1. The van der Waals surface area contributed by atoms with Crippen LogP contribution in [0.1, 0.15) is 23.5 Å². The Bertz CT molecular complexity index is 1340. The first-order valence-corrected chi connectivity index (χ1v) is 11.2. The van der Waals surface area contributed by atoms with Crippen molar-refractivity contribution in [1.29, 1.82) is 0 Å². The van der Waals surface area contributed by atoms with Crippen molar-refractivity contribution in [2.45, 2.75) is 25.2 Å². The number of aryl methyl sites for hydroxylation is 1. The van der Waals surface area contributed by atoms with Crippen molar-refractivity contribution < 1.29 is 18.8 Å². The molecule has 1 amide bonds. The lowest BCUT2D eigenvalue weighted by molar-refractivity contribution is -0.118. The van der Waals surface area contributed by atoms with E-state index in [0.29, 0.717) is 23.0 Å². The first-order chi connectivity index (χ1) is 15.6. The summed E-state index contributed by atoms with van der Waals surface area (Å²) in [5.41, 5.74) is 3.44. The number of aromatic nitrogens is 2. The van der Waals surface area contributed by atoms with Crippen LogP contribution in [0.4, 0.5) is 5.69 Å². The van der Waals surface area contributed by atoms with Gasteiger partial charge in [0.1, 0.15) is 0 Å². The Hall–Kier alpha value is -3.65. The van der Waals surface area contributed by atoms with Crippen molar-refractivity contribution in [1.82, 2.24) is 10.1 Å². The van der Waals surface area contributed by atoms with Gasteiger partial charge in [0.05, 0.1) is 21.8 Å². The minimum absolute atomic E-state index is 0.0744. The Morgan fingerprint density at radius 2 is 1.94 bits per heavy atom. The van der Waals surface area contributed by atoms with Crippen molar-refractivity contribution in [2.24, 2.45) is 0 Å². The summed E-state index contributed by atoms with van der Waals surface area (Å²) in [5, 5.41) is 10.3. The van der Waals surface area contributed by atoms with Crippen LogP contribution in [0.15, 0.2) is 58.4 Å². The molecule has 0 atom stereocenters. The molecule has 2 aromatic carbocycles. The molecule has 1 aliphatic carbocycles. The van der Waals surface area contributed by atoms with Gasteiger partial charge in [0.2, 0.25) is 12.7 Å². The molecule has 0 spiro atoms. The summed E-state index contributed by atoms with van der Waals surface area (Å²) in [6, 6.07) is 15.2. The average Bonchev–Trinajstić information content (AvgIpc) is 3.15. The fourth-order valence-corrected chi connectivity index (χ4v) is 4.54. The van der Waals surface area contributed by atoms with Gasteiger partial charge in [-0.25, -0.2) is 4.98 Å². The fraction of sp³-hybridized carbons (Fsp3) is 0.208. The molecule has 0 bridgehead atoms. The highest BCUT2D eigenvalue weighted by Gasteiger charge is 2.53. The van der Waals surface area contributed by atoms with Crippen molar-refractivity contribution in [3.05, 3.63) is 64.6 Å². The summed E-state index contributed by atoms with van der Waals surface area (Å²) in [4.78, 5) is 17.7. The molecule has 4 aromatic rings. The Morgan fingerprint density at radius 1 is 1.06 bits per heavy atom. The topological polar surface area (TPSA) is 86.5 Å². The van der Waals surface area contributed by atoms with Crippen molar-refractivity contribution in [3.8, 4) is 34.1 Å². The Kier molecular flexibility index (Phi) is 4.29. The normalized spacial score (nSPS) is 15.5. The van der Waals surface area contributed by atoms with Crippen LogP contribution in [0, 0.1) is 6.92 Å². The number of hydrogen-bond donors (Lipinski definition) is 1. The second-order valence-electron chi connectivity index (χ2n) is 8.01. The largest absolute Gasteiger partial charge is 0.454 e. The maximum atomic E-state index is 13.2. The van der Waals surface area contributed by atoms with Gasteiger partial charge in [-0.15, -0.1) is 11.3 Å². The quantitative estimate of drug-likeness (QED) is 0.456. The number of rotatable bonds is 5. The number of fused-ring (bicyclic) bond motifs is 1. The van der Waals surface area contributed by atoms with Crippen LogP contribution in [0.5, 0.6) is 11.5 Å². The highest BCUT2D eigenvalue weighted by atomic mass is 32.1. The first kappa shape index (κ1) is 19.1. The van der Waals surface area contributed by atoms with E-state index in [2.05, 4.69) is 15.5 Å². The molecular weight excluding hydrogens is 426 g/mol. The molecule has 8 heteroatoms. The van der Waals surface area contributed by atoms with Gasteiger partial charge in [-0.1, -0.05) is 17.3 Å². The standard InChI is InChI=1S/C24H19N3O4S/c1-14-25-18(12-32-14)15-3-2-4-17(9-15)26-23(28)24(7-8-24)22-11-20(31-27-22)16-5-6-19-21(10-16)30-13-29-19/h2-6,9-12H,7-8,13H2,1H3,(H,26,28). The number of amides is 1. The van der Waals surface area contributed by atoms with E-state index in [1.165, 1.54) is 0 Å². The molecule has 0 radical (unpaired) electrons. The van der Waals surface area contributed by atoms with E-state index in [4.69, 9.17) is 14.0 Å². The summed E-state index contributed by atoms with van der Waals surface area (Å²) in [7, 11) is 0. The van der Waals surface area contributed by atoms with Gasteiger partial charge in [-0.05, 0) is 50.1 Å². The number of anilines is 1. The van der Waals surface area contributed by atoms with E-state index < -0.39 is 5.41 Å². The molecule has 2 aliphatic rings. The van der Waals surface area contributed by atoms with Crippen LogP contribution in [0.3, 0.4) is 0 Å². The summed E-state index contributed by atoms with van der Waals surface area (Å²) < 4.78 is 16.4. The zero-order chi connectivity index (χ0) is 21.7. The number of nitrogens with one attached hydrogen (secondary N) is 1. The zero-order valence-electron chi connectivity index (χ0n) is 17.3. The van der Waals surface area contributed by atoms with Gasteiger partial charge in [-0.2, -0.15) is 0 Å². The van der Waals surface area contributed by atoms with E-state index in [1.54, 1.807) is 11.3 Å². The maximum Gasteiger partial charge on any atom is 0.236 e.